The number of hydrogen-bond acceptors (Lipinski definition) is 11. The van der Waals surface area contributed by atoms with Gasteiger partial charge in [-0.05, 0) is 56.0 Å². The summed E-state index contributed by atoms with van der Waals surface area (Å²) in [5.74, 6) is 0.316. The molecule has 36 heavy (non-hydrogen) atoms. The Morgan fingerprint density at radius 2 is 1.89 bits per heavy atom. The molecule has 1 aromatic heterocycles. The van der Waals surface area contributed by atoms with Gasteiger partial charge in [-0.3, -0.25) is 4.65 Å². The summed E-state index contributed by atoms with van der Waals surface area (Å²) in [6.07, 6.45) is 2.38. The van der Waals surface area contributed by atoms with Crippen LogP contribution in [0.15, 0.2) is 28.6 Å². The first-order valence-electron chi connectivity index (χ1n) is 12.0. The zero-order valence-electron chi connectivity index (χ0n) is 21.1. The second kappa shape index (κ2) is 12.3. The summed E-state index contributed by atoms with van der Waals surface area (Å²) < 4.78 is 39.8. The summed E-state index contributed by atoms with van der Waals surface area (Å²) in [5, 5.41) is 21.1. The zero-order chi connectivity index (χ0) is 26.3. The molecule has 13 heteroatoms. The van der Waals surface area contributed by atoms with Crippen molar-refractivity contribution in [2.24, 2.45) is 0 Å². The highest BCUT2D eigenvalue weighted by Crippen LogP contribution is 2.35. The predicted octanol–water partition coefficient (Wildman–Crippen LogP) is 3.34. The van der Waals surface area contributed by atoms with Gasteiger partial charge in [-0.25, -0.2) is 18.1 Å². The van der Waals surface area contributed by atoms with E-state index in [2.05, 4.69) is 17.1 Å². The number of aromatic nitrogens is 2. The molecule has 3 atom stereocenters. The Morgan fingerprint density at radius 1 is 1.19 bits per heavy atom. The maximum atomic E-state index is 13.6. The zero-order valence-corrected chi connectivity index (χ0v) is 22.7. The third kappa shape index (κ3) is 6.91. The van der Waals surface area contributed by atoms with Crippen molar-refractivity contribution in [3.8, 4) is 11.5 Å². The van der Waals surface area contributed by atoms with Gasteiger partial charge in [-0.2, -0.15) is 0 Å². The highest BCUT2D eigenvalue weighted by atomic mass is 32.2. The van der Waals surface area contributed by atoms with Crippen LogP contribution in [0.25, 0.3) is 0 Å². The number of rotatable bonds is 13. The maximum Gasteiger partial charge on any atom is 0.351 e. The molecule has 3 unspecified atom stereocenters. The molecule has 1 fully saturated rings. The monoisotopic (exact) mass is 542 g/mol. The number of hydroxylamine groups is 2. The number of benzene rings is 1. The van der Waals surface area contributed by atoms with Crippen LogP contribution in [0.1, 0.15) is 46.5 Å². The minimum Gasteiger partial charge on any atom is -0.622 e. The first-order valence-corrected chi connectivity index (χ1v) is 14.5. The Hall–Kier alpha value is -2.32. The minimum absolute atomic E-state index is 0.0616. The van der Waals surface area contributed by atoms with E-state index in [1.165, 1.54) is 26.7 Å². The average molecular weight is 543 g/mol. The number of sulfone groups is 1. The SMILES string of the molecule is CCCCCCOc1ccc(OC(C)C(=O)OC2CN(C)C[N+]2([O-])c2nnc(S(=O)(=O)CC)s2)cc1. The number of esters is 1. The summed E-state index contributed by atoms with van der Waals surface area (Å²) in [6, 6.07) is 6.96. The third-order valence-corrected chi connectivity index (χ3v) is 8.95. The molecule has 2 aromatic rings. The summed E-state index contributed by atoms with van der Waals surface area (Å²) in [4.78, 5) is 14.5. The number of unbranched alkanes of at least 4 members (excludes halogenated alkanes) is 3. The lowest BCUT2D eigenvalue weighted by Gasteiger charge is -2.38. The van der Waals surface area contributed by atoms with Gasteiger partial charge < -0.3 is 19.4 Å². The van der Waals surface area contributed by atoms with Gasteiger partial charge in [0.25, 0.3) is 6.23 Å². The van der Waals surface area contributed by atoms with E-state index >= 15 is 0 Å². The largest absolute Gasteiger partial charge is 0.622 e. The number of quaternary nitrogens is 1. The van der Waals surface area contributed by atoms with Crippen LogP contribution in [0.3, 0.4) is 0 Å². The smallest absolute Gasteiger partial charge is 0.351 e. The van der Waals surface area contributed by atoms with E-state index in [9.17, 15) is 18.4 Å². The van der Waals surface area contributed by atoms with Crippen molar-refractivity contribution in [3.63, 3.8) is 0 Å². The van der Waals surface area contributed by atoms with Crippen LogP contribution >= 0.6 is 11.3 Å². The Kier molecular flexibility index (Phi) is 9.64. The number of carbonyl (C=O) groups excluding carboxylic acids is 1. The molecule has 3 rings (SSSR count). The van der Waals surface area contributed by atoms with Crippen molar-refractivity contribution in [1.29, 1.82) is 0 Å². The topological polar surface area (TPSA) is 131 Å². The highest BCUT2D eigenvalue weighted by molar-refractivity contribution is 7.93. The lowest BCUT2D eigenvalue weighted by molar-refractivity contribution is -0.161. The molecule has 0 bridgehead atoms. The van der Waals surface area contributed by atoms with Crippen molar-refractivity contribution < 1.29 is 27.4 Å². The van der Waals surface area contributed by atoms with Gasteiger partial charge in [0.05, 0.1) is 18.9 Å². The van der Waals surface area contributed by atoms with E-state index < -0.39 is 32.8 Å². The van der Waals surface area contributed by atoms with E-state index in [-0.39, 0.29) is 28.4 Å². The van der Waals surface area contributed by atoms with Crippen LogP contribution in [0.4, 0.5) is 5.13 Å². The number of carbonyl (C=O) groups is 1. The average Bonchev–Trinajstić information content (AvgIpc) is 3.46. The van der Waals surface area contributed by atoms with E-state index in [4.69, 9.17) is 14.2 Å². The molecule has 1 aliphatic heterocycles. The van der Waals surface area contributed by atoms with Gasteiger partial charge in [0.15, 0.2) is 6.10 Å². The Bertz CT molecular complexity index is 1110. The molecule has 2 heterocycles. The van der Waals surface area contributed by atoms with Gasteiger partial charge in [0.1, 0.15) is 18.2 Å². The number of ether oxygens (including phenoxy) is 3. The standard InChI is InChI=1S/C23H34N4O7S2/c1-5-7-8-9-14-32-18-10-12-19(13-11-18)33-17(3)21(28)34-20-15-26(4)16-27(20,29)22-24-25-23(35-22)36(30,31)6-2/h10-13,17,20H,5-9,14-16H2,1-4H3. The lowest BCUT2D eigenvalue weighted by atomic mass is 10.2. The van der Waals surface area contributed by atoms with Gasteiger partial charge >= 0.3 is 11.1 Å². The van der Waals surface area contributed by atoms with Crippen molar-refractivity contribution in [3.05, 3.63) is 29.5 Å². The molecule has 0 aliphatic carbocycles. The molecule has 0 amide bonds. The van der Waals surface area contributed by atoms with Crippen LogP contribution in [-0.2, 0) is 19.4 Å². The van der Waals surface area contributed by atoms with E-state index in [1.54, 1.807) is 36.2 Å². The fourth-order valence-electron chi connectivity index (χ4n) is 3.63. The van der Waals surface area contributed by atoms with E-state index in [0.29, 0.717) is 23.7 Å². The molecule has 1 aromatic carbocycles. The summed E-state index contributed by atoms with van der Waals surface area (Å²) in [6.45, 7) is 5.93. The molecule has 0 saturated carbocycles. The fourth-order valence-corrected chi connectivity index (χ4v) is 5.78. The van der Waals surface area contributed by atoms with Crippen molar-refractivity contribution >= 4 is 32.3 Å². The molecule has 200 valence electrons. The predicted molar refractivity (Wildman–Crippen MR) is 136 cm³/mol. The molecule has 0 spiro atoms. The molecule has 1 saturated heterocycles. The normalized spacial score (nSPS) is 21.3. The van der Waals surface area contributed by atoms with E-state index in [1.807, 2.05) is 0 Å². The Labute approximate surface area is 216 Å². The first-order chi connectivity index (χ1) is 17.1. The van der Waals surface area contributed by atoms with Crippen LogP contribution in [0, 0.1) is 5.21 Å². The number of hydrogen-bond donors (Lipinski definition) is 0. The summed E-state index contributed by atoms with van der Waals surface area (Å²) in [7, 11) is -1.90. The summed E-state index contributed by atoms with van der Waals surface area (Å²) in [5.41, 5.74) is 0. The summed E-state index contributed by atoms with van der Waals surface area (Å²) >= 11 is 0.703. The van der Waals surface area contributed by atoms with Crippen LogP contribution in [0.5, 0.6) is 11.5 Å². The lowest BCUT2D eigenvalue weighted by Crippen LogP contribution is -2.51. The number of likely N-dealkylation sites (N-methyl/N-ethyl adjacent to an activating group) is 1. The van der Waals surface area contributed by atoms with Crippen molar-refractivity contribution in [2.75, 3.05) is 32.6 Å². The van der Waals surface area contributed by atoms with Crippen molar-refractivity contribution in [1.82, 2.24) is 19.7 Å². The Morgan fingerprint density at radius 3 is 2.56 bits per heavy atom. The van der Waals surface area contributed by atoms with Gasteiger partial charge in [-0.15, -0.1) is 5.10 Å². The quantitative estimate of drug-likeness (QED) is 0.161. The first kappa shape index (κ1) is 28.3. The van der Waals surface area contributed by atoms with Gasteiger partial charge in [0, 0.05) is 0 Å². The molecule has 11 nitrogen and oxygen atoms in total. The van der Waals surface area contributed by atoms with Gasteiger partial charge in [0.2, 0.25) is 14.2 Å². The van der Waals surface area contributed by atoms with E-state index in [0.717, 1.165) is 18.6 Å². The molecular formula is C23H34N4O7S2. The van der Waals surface area contributed by atoms with Gasteiger partial charge in [-0.1, -0.05) is 38.2 Å². The van der Waals surface area contributed by atoms with Crippen LogP contribution in [-0.4, -0.2) is 74.4 Å². The fraction of sp³-hybridized carbons (Fsp3) is 0.609. The second-order valence-corrected chi connectivity index (χ2v) is 12.2. The van der Waals surface area contributed by atoms with Crippen LogP contribution < -0.4 is 14.1 Å². The molecule has 0 radical (unpaired) electrons. The molecular weight excluding hydrogens is 508 g/mol. The molecule has 1 aliphatic rings. The third-order valence-electron chi connectivity index (χ3n) is 5.74. The second-order valence-electron chi connectivity index (χ2n) is 8.76. The Balaban J connectivity index is 1.59. The minimum atomic E-state index is -3.60. The van der Waals surface area contributed by atoms with Crippen molar-refractivity contribution in [2.45, 2.75) is 63.1 Å². The molecule has 0 N–H and O–H groups in total. The maximum absolute atomic E-state index is 13.6. The number of nitrogens with zero attached hydrogens (tertiary/aromatic N) is 4. The van der Waals surface area contributed by atoms with Crippen LogP contribution in [0.2, 0.25) is 0 Å². The highest BCUT2D eigenvalue weighted by Gasteiger charge is 2.46.